The molecule has 1 aromatic carbocycles. The van der Waals surface area contributed by atoms with Gasteiger partial charge in [0.15, 0.2) is 5.56 Å². The molecule has 20 nitrogen and oxygen atoms in total. The van der Waals surface area contributed by atoms with Gasteiger partial charge in [-0.15, -0.1) is 6.58 Å². The van der Waals surface area contributed by atoms with E-state index in [0.717, 1.165) is 11.8 Å². The molecule has 0 saturated carbocycles. The summed E-state index contributed by atoms with van der Waals surface area (Å²) < 4.78 is 91.9. The predicted octanol–water partition coefficient (Wildman–Crippen LogP) is 3.42. The monoisotopic (exact) mass is 707 g/mol. The zero-order chi connectivity index (χ0) is 29.4. The zero-order valence-electron chi connectivity index (χ0n) is 17.7. The Kier molecular flexibility index (Phi) is 11.1. The van der Waals surface area contributed by atoms with Gasteiger partial charge in [0.05, 0.1) is 5.69 Å². The summed E-state index contributed by atoms with van der Waals surface area (Å²) in [6, 6.07) is 4.48. The van der Waals surface area contributed by atoms with E-state index in [0.29, 0.717) is 10.6 Å². The van der Waals surface area contributed by atoms with Gasteiger partial charge in [-0.2, -0.15) is 21.6 Å². The molecule has 38 heavy (non-hydrogen) atoms. The molecule has 7 N–H and O–H groups in total. The fraction of sp³-hybridized carbons (Fsp3) is 0.200. The van der Waals surface area contributed by atoms with E-state index >= 15 is 0 Å². The fourth-order valence-corrected chi connectivity index (χ4v) is 11.3. The van der Waals surface area contributed by atoms with Crippen LogP contribution in [0.3, 0.4) is 0 Å². The highest BCUT2D eigenvalue weighted by atomic mass is 35.5. The maximum absolute atomic E-state index is 12.4. The van der Waals surface area contributed by atoms with E-state index < -0.39 is 52.5 Å². The van der Waals surface area contributed by atoms with Crippen LogP contribution < -0.4 is 4.90 Å². The van der Waals surface area contributed by atoms with Crippen molar-refractivity contribution in [2.45, 2.75) is 10.5 Å². The molecule has 218 valence electrons. The van der Waals surface area contributed by atoms with Crippen LogP contribution in [-0.2, 0) is 53.5 Å². The first kappa shape index (κ1) is 34.5. The molecule has 0 spiro atoms. The van der Waals surface area contributed by atoms with Gasteiger partial charge in [0.2, 0.25) is 0 Å². The number of halogens is 1. The molecule has 1 aromatic rings. The summed E-state index contributed by atoms with van der Waals surface area (Å²) in [6.45, 7) is 3.51. The molecule has 0 bridgehead atoms. The lowest BCUT2D eigenvalue weighted by atomic mass is 10.3. The van der Waals surface area contributed by atoms with Crippen LogP contribution in [0.1, 0.15) is 0 Å². The summed E-state index contributed by atoms with van der Waals surface area (Å²) in [4.78, 5) is 65.9. The summed E-state index contributed by atoms with van der Waals surface area (Å²) >= 11 is 6.75. The molecule has 6 atom stereocenters. The Morgan fingerprint density at radius 2 is 1.26 bits per heavy atom. The van der Waals surface area contributed by atoms with Gasteiger partial charge < -0.3 is 39.2 Å². The van der Waals surface area contributed by atoms with Gasteiger partial charge in [0.25, 0.3) is 0 Å². The van der Waals surface area contributed by atoms with Crippen molar-refractivity contribution in [2.24, 2.45) is 0 Å². The first-order valence-electron chi connectivity index (χ1n) is 8.72. The second-order valence-electron chi connectivity index (χ2n) is 6.32. The second-order valence-corrected chi connectivity index (χ2v) is 17.0. The van der Waals surface area contributed by atoms with Crippen molar-refractivity contribution in [1.82, 2.24) is 0 Å². The Morgan fingerprint density at radius 1 is 0.816 bits per heavy atom. The van der Waals surface area contributed by atoms with E-state index in [-0.39, 0.29) is 11.6 Å². The number of anilines is 1. The van der Waals surface area contributed by atoms with E-state index in [2.05, 4.69) is 28.1 Å². The Labute approximate surface area is 221 Å². The molecule has 1 aliphatic heterocycles. The third-order valence-electron chi connectivity index (χ3n) is 3.30. The predicted molar refractivity (Wildman–Crippen MR) is 126 cm³/mol. The Morgan fingerprint density at radius 3 is 1.71 bits per heavy atom. The quantitative estimate of drug-likeness (QED) is 0.108. The van der Waals surface area contributed by atoms with Crippen LogP contribution in [-0.4, -0.2) is 46.4 Å². The number of benzene rings is 1. The largest absolute Gasteiger partial charge is 0.490 e. The van der Waals surface area contributed by atoms with Gasteiger partial charge in [-0.1, -0.05) is 29.4 Å². The summed E-state index contributed by atoms with van der Waals surface area (Å²) in [7, 11) is -36.5. The van der Waals surface area contributed by atoms with E-state index in [9.17, 15) is 47.0 Å². The number of fused-ring (bicyclic) bond motifs is 1. The highest BCUT2D eigenvalue weighted by molar-refractivity contribution is 8.00. The molecular formula is C10H16ClNO19P6S. The average Bonchev–Trinajstić information content (AvgIpc) is 2.91. The maximum Gasteiger partial charge on any atom is 0.490 e. The van der Waals surface area contributed by atoms with Crippen molar-refractivity contribution in [3.63, 3.8) is 0 Å². The maximum atomic E-state index is 12.4. The molecule has 1 heterocycles. The minimum Gasteiger partial charge on any atom is -0.332 e. The fourth-order valence-electron chi connectivity index (χ4n) is 2.35. The van der Waals surface area contributed by atoms with Crippen molar-refractivity contribution < 1.29 is 87.7 Å². The van der Waals surface area contributed by atoms with Gasteiger partial charge in [0.1, 0.15) is 0 Å². The van der Waals surface area contributed by atoms with Gasteiger partial charge in [-0.3, -0.25) is 4.52 Å². The topological polar surface area (TPSA) is 303 Å². The van der Waals surface area contributed by atoms with Gasteiger partial charge >= 0.3 is 46.9 Å². The molecule has 0 aromatic heterocycles. The first-order chi connectivity index (χ1) is 16.9. The minimum atomic E-state index is -6.36. The van der Waals surface area contributed by atoms with Crippen molar-refractivity contribution in [1.29, 1.82) is 0 Å². The molecule has 0 radical (unpaired) electrons. The number of rotatable bonds is 14. The Bertz CT molecular complexity index is 1370. The van der Waals surface area contributed by atoms with Gasteiger partial charge in [-0.05, 0) is 18.2 Å². The van der Waals surface area contributed by atoms with Crippen LogP contribution in [0.15, 0.2) is 35.7 Å². The lowest BCUT2D eigenvalue weighted by Gasteiger charge is -2.26. The molecular weight excluding hydrogens is 691 g/mol. The Hall–Kier alpha value is 0.260. The normalized spacial score (nSPS) is 23.8. The van der Waals surface area contributed by atoms with Gasteiger partial charge in [-0.25, -0.2) is 27.4 Å². The third-order valence-corrected chi connectivity index (χ3v) is 13.6. The molecule has 1 aliphatic rings. The minimum absolute atomic E-state index is 0.00417. The zero-order valence-corrected chi connectivity index (χ0v) is 24.7. The number of thioether (sulfide) groups is 1. The van der Waals surface area contributed by atoms with Crippen LogP contribution in [0, 0.1) is 0 Å². The van der Waals surface area contributed by atoms with Crippen LogP contribution in [0.2, 0.25) is 5.02 Å². The number of hydrogen-bond acceptors (Lipinski definition) is 14. The van der Waals surface area contributed by atoms with E-state index in [1.54, 1.807) is 0 Å². The summed E-state index contributed by atoms with van der Waals surface area (Å²) in [5, 5.41) is 0.283. The lowest BCUT2D eigenvalue weighted by molar-refractivity contribution is 0.160. The summed E-state index contributed by atoms with van der Waals surface area (Å²) in [5.41, 5.74) is -1.00. The molecule has 0 saturated heterocycles. The highest BCUT2D eigenvalue weighted by Crippen LogP contribution is 2.75. The molecule has 28 heteroatoms. The lowest BCUT2D eigenvalue weighted by Crippen LogP contribution is -2.31. The van der Waals surface area contributed by atoms with E-state index in [1.165, 1.54) is 29.2 Å². The van der Waals surface area contributed by atoms with Crippen molar-refractivity contribution in [2.75, 3.05) is 11.4 Å². The van der Waals surface area contributed by atoms with Crippen molar-refractivity contribution in [3.8, 4) is 0 Å². The Balaban J connectivity index is 2.11. The van der Waals surface area contributed by atoms with Crippen LogP contribution in [0.4, 0.5) is 5.69 Å². The number of phosphoric ester groups is 1. The molecule has 6 unspecified atom stereocenters. The second kappa shape index (κ2) is 12.2. The smallest absolute Gasteiger partial charge is 0.332 e. The molecule has 2 rings (SSSR count). The number of phosphoric acid groups is 6. The average molecular weight is 708 g/mol. The SMILES string of the molecule is C=CCN1c2cc(Cl)ccc2SC1OP(=O)(O)OP(=O)(O)OP(=O)(O)OP(=O)(O)OP(=O)(O)OP(=O)(O)O. The molecule has 0 aliphatic carbocycles. The highest BCUT2D eigenvalue weighted by Gasteiger charge is 2.50. The van der Waals surface area contributed by atoms with Crippen molar-refractivity contribution in [3.05, 3.63) is 35.9 Å². The first-order valence-corrected chi connectivity index (χ1v) is 19.0. The van der Waals surface area contributed by atoms with Crippen LogP contribution >= 0.6 is 70.3 Å². The summed E-state index contributed by atoms with van der Waals surface area (Å²) in [6.07, 6.45) is 1.36. The molecule has 0 fully saturated rings. The van der Waals surface area contributed by atoms with Gasteiger partial charge in [0, 0.05) is 16.5 Å². The van der Waals surface area contributed by atoms with Crippen LogP contribution in [0.5, 0.6) is 0 Å². The van der Waals surface area contributed by atoms with Crippen LogP contribution in [0.25, 0.3) is 0 Å². The van der Waals surface area contributed by atoms with E-state index in [1.807, 2.05) is 0 Å². The molecule has 0 amide bonds. The summed E-state index contributed by atoms with van der Waals surface area (Å²) in [5.74, 6) is 0. The standard InChI is InChI=1S/C10H16ClNO19P6S/c1-2-5-12-8-6-7(11)3-4-9(8)38-10(12)26-33(16,17)28-35(20,21)30-37(24,25)31-36(22,23)29-34(18,19)27-32(13,14)15/h2-4,6,10H,1,5H2,(H,16,17)(H,18,19)(H,20,21)(H,22,23)(H,24,25)(H2,13,14,15). The number of nitrogens with zero attached hydrogens (tertiary/aromatic N) is 1. The number of hydrogen-bond donors (Lipinski definition) is 7. The van der Waals surface area contributed by atoms with Crippen molar-refractivity contribution >= 4 is 76.0 Å². The van der Waals surface area contributed by atoms with E-state index in [4.69, 9.17) is 30.8 Å². The third kappa shape index (κ3) is 11.3.